The van der Waals surface area contributed by atoms with E-state index in [0.29, 0.717) is 68.2 Å². The zero-order valence-corrected chi connectivity index (χ0v) is 19.9. The molecule has 0 aromatic heterocycles. The van der Waals surface area contributed by atoms with Gasteiger partial charge in [0.05, 0.1) is 25.6 Å². The Bertz CT molecular complexity index is 1220. The molecule has 0 radical (unpaired) electrons. The fourth-order valence-electron chi connectivity index (χ4n) is 4.86. The molecule has 6 heteroatoms. The molecule has 1 amide bonds. The van der Waals surface area contributed by atoms with Crippen LogP contribution in [0.5, 0.6) is 17.2 Å². The van der Waals surface area contributed by atoms with E-state index in [0.717, 1.165) is 11.1 Å². The Morgan fingerprint density at radius 2 is 1.80 bits per heavy atom. The van der Waals surface area contributed by atoms with E-state index in [-0.39, 0.29) is 11.7 Å². The average molecular weight is 472 g/mol. The van der Waals surface area contributed by atoms with Crippen molar-refractivity contribution < 1.29 is 23.8 Å². The minimum Gasteiger partial charge on any atom is -0.493 e. The number of Topliss-reactive ketones (excluding diaryl/α,β-unsaturated/α-hetero) is 1. The second kappa shape index (κ2) is 9.82. The number of hydrogen-bond donors (Lipinski definition) is 0. The zero-order valence-electron chi connectivity index (χ0n) is 19.9. The van der Waals surface area contributed by atoms with E-state index < -0.39 is 5.60 Å². The van der Waals surface area contributed by atoms with Crippen molar-refractivity contribution in [3.05, 3.63) is 89.5 Å². The molecule has 0 aliphatic carbocycles. The second-order valence-corrected chi connectivity index (χ2v) is 9.21. The summed E-state index contributed by atoms with van der Waals surface area (Å²) in [5.74, 6) is 2.10. The van der Waals surface area contributed by atoms with Crippen LogP contribution in [-0.4, -0.2) is 42.4 Å². The van der Waals surface area contributed by atoms with Crippen LogP contribution >= 0.6 is 0 Å². The van der Waals surface area contributed by atoms with Gasteiger partial charge in [-0.05, 0) is 41.8 Å². The Morgan fingerprint density at radius 3 is 2.63 bits per heavy atom. The number of amides is 1. The number of likely N-dealkylation sites (tertiary alicyclic amines) is 1. The predicted octanol–water partition coefficient (Wildman–Crippen LogP) is 4.84. The van der Waals surface area contributed by atoms with Crippen molar-refractivity contribution in [2.24, 2.45) is 0 Å². The first kappa shape index (κ1) is 23.0. The van der Waals surface area contributed by atoms with Crippen molar-refractivity contribution >= 4 is 11.7 Å². The summed E-state index contributed by atoms with van der Waals surface area (Å²) >= 11 is 0. The molecule has 5 rings (SSSR count). The second-order valence-electron chi connectivity index (χ2n) is 9.21. The Balaban J connectivity index is 1.19. The first-order valence-corrected chi connectivity index (χ1v) is 12.0. The molecule has 2 heterocycles. The van der Waals surface area contributed by atoms with Crippen molar-refractivity contribution in [3.63, 3.8) is 0 Å². The number of ketones is 1. The molecule has 1 unspecified atom stereocenters. The number of nitrogens with zero attached hydrogens (tertiary/aromatic N) is 1. The van der Waals surface area contributed by atoms with Gasteiger partial charge in [0, 0.05) is 19.4 Å². The molecule has 180 valence electrons. The lowest BCUT2D eigenvalue weighted by Gasteiger charge is -2.34. The molecule has 1 fully saturated rings. The number of rotatable bonds is 7. The van der Waals surface area contributed by atoms with Crippen LogP contribution in [0.3, 0.4) is 0 Å². The number of ether oxygens (including phenoxy) is 3. The molecule has 0 bridgehead atoms. The molecular weight excluding hydrogens is 442 g/mol. The Labute approximate surface area is 205 Å². The maximum absolute atomic E-state index is 13.0. The lowest BCUT2D eigenvalue weighted by molar-refractivity contribution is -0.130. The lowest BCUT2D eigenvalue weighted by Crippen LogP contribution is -2.45. The summed E-state index contributed by atoms with van der Waals surface area (Å²) < 4.78 is 17.7. The Morgan fingerprint density at radius 1 is 1.00 bits per heavy atom. The van der Waals surface area contributed by atoms with Crippen LogP contribution in [0.1, 0.15) is 40.7 Å². The quantitative estimate of drug-likeness (QED) is 0.493. The predicted molar refractivity (Wildman–Crippen MR) is 132 cm³/mol. The van der Waals surface area contributed by atoms with Gasteiger partial charge in [0.15, 0.2) is 17.3 Å². The highest BCUT2D eigenvalue weighted by molar-refractivity contribution is 6.00. The van der Waals surface area contributed by atoms with Gasteiger partial charge in [-0.15, -0.1) is 0 Å². The van der Waals surface area contributed by atoms with Crippen molar-refractivity contribution in [1.29, 1.82) is 0 Å². The Kier molecular flexibility index (Phi) is 6.45. The van der Waals surface area contributed by atoms with Crippen LogP contribution < -0.4 is 14.2 Å². The normalized spacial score (nSPS) is 18.8. The summed E-state index contributed by atoms with van der Waals surface area (Å²) in [6, 6.07) is 23.1. The first-order valence-electron chi connectivity index (χ1n) is 12.0. The van der Waals surface area contributed by atoms with E-state index >= 15 is 0 Å². The average Bonchev–Trinajstić information content (AvgIpc) is 3.29. The van der Waals surface area contributed by atoms with Crippen LogP contribution in [0.25, 0.3) is 0 Å². The number of hydrogen-bond acceptors (Lipinski definition) is 5. The summed E-state index contributed by atoms with van der Waals surface area (Å²) in [5.41, 5.74) is 2.10. The zero-order chi connectivity index (χ0) is 24.3. The monoisotopic (exact) mass is 471 g/mol. The number of fused-ring (bicyclic) bond motifs is 1. The topological polar surface area (TPSA) is 65.1 Å². The number of para-hydroxylation sites is 1. The van der Waals surface area contributed by atoms with Gasteiger partial charge >= 0.3 is 0 Å². The highest BCUT2D eigenvalue weighted by atomic mass is 16.5. The third-order valence-corrected chi connectivity index (χ3v) is 6.76. The number of carbonyl (C=O) groups is 2. The Hall–Kier alpha value is -3.80. The molecule has 2 aliphatic heterocycles. The summed E-state index contributed by atoms with van der Waals surface area (Å²) in [7, 11) is 1.62. The SMILES string of the molecule is COc1ccc(CCC(=O)N2CCC3(CC(=O)c4ccccc4O3)C2)cc1OCc1ccccc1. The maximum Gasteiger partial charge on any atom is 0.223 e. The van der Waals surface area contributed by atoms with Gasteiger partial charge < -0.3 is 19.1 Å². The van der Waals surface area contributed by atoms with Crippen LogP contribution in [0, 0.1) is 0 Å². The van der Waals surface area contributed by atoms with Gasteiger partial charge in [-0.1, -0.05) is 48.5 Å². The fourth-order valence-corrected chi connectivity index (χ4v) is 4.86. The van der Waals surface area contributed by atoms with E-state index in [1.54, 1.807) is 13.2 Å². The summed E-state index contributed by atoms with van der Waals surface area (Å²) in [6.45, 7) is 1.49. The van der Waals surface area contributed by atoms with Crippen LogP contribution in [-0.2, 0) is 17.8 Å². The van der Waals surface area contributed by atoms with E-state index in [2.05, 4.69) is 0 Å². The van der Waals surface area contributed by atoms with Gasteiger partial charge in [-0.2, -0.15) is 0 Å². The van der Waals surface area contributed by atoms with Crippen molar-refractivity contribution in [2.45, 2.75) is 37.9 Å². The van der Waals surface area contributed by atoms with Crippen LogP contribution in [0.4, 0.5) is 0 Å². The van der Waals surface area contributed by atoms with Crippen molar-refractivity contribution in [3.8, 4) is 17.2 Å². The first-order chi connectivity index (χ1) is 17.0. The summed E-state index contributed by atoms with van der Waals surface area (Å²) in [4.78, 5) is 27.5. The third-order valence-electron chi connectivity index (χ3n) is 6.76. The highest BCUT2D eigenvalue weighted by Gasteiger charge is 2.46. The summed E-state index contributed by atoms with van der Waals surface area (Å²) in [5, 5.41) is 0. The molecule has 6 nitrogen and oxygen atoms in total. The van der Waals surface area contributed by atoms with Gasteiger partial charge in [-0.25, -0.2) is 0 Å². The molecule has 2 aliphatic rings. The van der Waals surface area contributed by atoms with E-state index in [1.807, 2.05) is 71.6 Å². The van der Waals surface area contributed by atoms with Gasteiger partial charge in [0.1, 0.15) is 18.0 Å². The molecule has 1 atom stereocenters. The van der Waals surface area contributed by atoms with E-state index in [1.165, 1.54) is 0 Å². The number of aryl methyl sites for hydroxylation is 1. The molecule has 3 aromatic rings. The molecule has 0 saturated carbocycles. The van der Waals surface area contributed by atoms with E-state index in [9.17, 15) is 9.59 Å². The number of benzene rings is 3. The lowest BCUT2D eigenvalue weighted by atomic mass is 9.89. The van der Waals surface area contributed by atoms with Crippen molar-refractivity contribution in [1.82, 2.24) is 4.90 Å². The smallest absolute Gasteiger partial charge is 0.223 e. The molecule has 35 heavy (non-hydrogen) atoms. The van der Waals surface area contributed by atoms with Crippen LogP contribution in [0.15, 0.2) is 72.8 Å². The minimum atomic E-state index is -0.611. The van der Waals surface area contributed by atoms with Crippen molar-refractivity contribution in [2.75, 3.05) is 20.2 Å². The largest absolute Gasteiger partial charge is 0.493 e. The van der Waals surface area contributed by atoms with Gasteiger partial charge in [0.2, 0.25) is 5.91 Å². The maximum atomic E-state index is 13.0. The molecular formula is C29H29NO5. The fraction of sp³-hybridized carbons (Fsp3) is 0.310. The number of carbonyl (C=O) groups excluding carboxylic acids is 2. The standard InChI is InChI=1S/C29H29NO5/c1-33-26-13-11-21(17-27(26)34-19-22-7-3-2-4-8-22)12-14-28(32)30-16-15-29(20-30)18-24(31)23-9-5-6-10-25(23)35-29/h2-11,13,17H,12,14-16,18-20H2,1H3. The highest BCUT2D eigenvalue weighted by Crippen LogP contribution is 2.39. The number of methoxy groups -OCH3 is 1. The van der Waals surface area contributed by atoms with E-state index in [4.69, 9.17) is 14.2 Å². The van der Waals surface area contributed by atoms with Gasteiger partial charge in [-0.3, -0.25) is 9.59 Å². The van der Waals surface area contributed by atoms with Gasteiger partial charge in [0.25, 0.3) is 0 Å². The third kappa shape index (κ3) is 5.02. The molecule has 1 saturated heterocycles. The molecule has 1 spiro atoms. The minimum absolute atomic E-state index is 0.0688. The summed E-state index contributed by atoms with van der Waals surface area (Å²) in [6.07, 6.45) is 1.95. The molecule has 3 aromatic carbocycles. The molecule has 0 N–H and O–H groups in total. The van der Waals surface area contributed by atoms with Crippen LogP contribution in [0.2, 0.25) is 0 Å².